The first-order chi connectivity index (χ1) is 9.88. The van der Waals surface area contributed by atoms with Gasteiger partial charge in [-0.3, -0.25) is 4.79 Å². The Morgan fingerprint density at radius 2 is 1.90 bits per heavy atom. The lowest BCUT2D eigenvalue weighted by Crippen LogP contribution is -2.21. The van der Waals surface area contributed by atoms with Gasteiger partial charge in [-0.1, -0.05) is 18.0 Å². The SMILES string of the molecule is NS(=O)(=O)c1cc(C(=O)NN=C2CCCCC2)ccc1Cl. The van der Waals surface area contributed by atoms with Gasteiger partial charge in [-0.2, -0.15) is 5.10 Å². The minimum Gasteiger partial charge on any atom is -0.267 e. The number of nitrogens with one attached hydrogen (secondary N) is 1. The molecule has 1 aromatic carbocycles. The molecule has 114 valence electrons. The van der Waals surface area contributed by atoms with Crippen molar-refractivity contribution in [3.05, 3.63) is 28.8 Å². The zero-order valence-electron chi connectivity index (χ0n) is 11.3. The predicted molar refractivity (Wildman–Crippen MR) is 80.8 cm³/mol. The van der Waals surface area contributed by atoms with Crippen LogP contribution < -0.4 is 10.6 Å². The summed E-state index contributed by atoms with van der Waals surface area (Å²) in [5.41, 5.74) is 3.53. The number of amides is 1. The zero-order valence-corrected chi connectivity index (χ0v) is 12.9. The number of rotatable bonds is 3. The van der Waals surface area contributed by atoms with E-state index >= 15 is 0 Å². The maximum Gasteiger partial charge on any atom is 0.271 e. The highest BCUT2D eigenvalue weighted by Crippen LogP contribution is 2.21. The van der Waals surface area contributed by atoms with Crippen LogP contribution in [0.25, 0.3) is 0 Å². The molecule has 0 bridgehead atoms. The van der Waals surface area contributed by atoms with E-state index in [1.807, 2.05) is 0 Å². The summed E-state index contributed by atoms with van der Waals surface area (Å²) in [4.78, 5) is 11.7. The Labute approximate surface area is 128 Å². The molecule has 0 aliphatic heterocycles. The summed E-state index contributed by atoms with van der Waals surface area (Å²) in [7, 11) is -3.97. The molecule has 0 heterocycles. The molecule has 6 nitrogen and oxygen atoms in total. The van der Waals surface area contributed by atoms with Gasteiger partial charge in [0.2, 0.25) is 10.0 Å². The van der Waals surface area contributed by atoms with Gasteiger partial charge >= 0.3 is 0 Å². The van der Waals surface area contributed by atoms with Crippen molar-refractivity contribution in [1.82, 2.24) is 5.43 Å². The molecular weight excluding hydrogens is 314 g/mol. The third-order valence-corrected chi connectivity index (χ3v) is 4.64. The lowest BCUT2D eigenvalue weighted by molar-refractivity contribution is 0.0954. The van der Waals surface area contributed by atoms with E-state index < -0.39 is 15.9 Å². The Kier molecular flexibility index (Phi) is 4.97. The number of primary sulfonamides is 1. The molecule has 1 fully saturated rings. The molecule has 21 heavy (non-hydrogen) atoms. The molecule has 1 aliphatic carbocycles. The van der Waals surface area contributed by atoms with Crippen LogP contribution in [0.5, 0.6) is 0 Å². The minimum absolute atomic E-state index is 0.0207. The first kappa shape index (κ1) is 15.9. The summed E-state index contributed by atoms with van der Waals surface area (Å²) >= 11 is 5.77. The van der Waals surface area contributed by atoms with Gasteiger partial charge in [-0.15, -0.1) is 0 Å². The van der Waals surface area contributed by atoms with Gasteiger partial charge in [-0.25, -0.2) is 19.0 Å². The molecule has 1 aliphatic rings. The van der Waals surface area contributed by atoms with Crippen LogP contribution in [0.2, 0.25) is 5.02 Å². The molecule has 0 saturated heterocycles. The molecule has 0 atom stereocenters. The van der Waals surface area contributed by atoms with E-state index in [4.69, 9.17) is 16.7 Å². The van der Waals surface area contributed by atoms with Gasteiger partial charge in [0.05, 0.1) is 5.02 Å². The third-order valence-electron chi connectivity index (χ3n) is 3.25. The standard InChI is InChI=1S/C13H16ClN3O3S/c14-11-7-6-9(8-12(11)21(15,19)20)13(18)17-16-10-4-2-1-3-5-10/h6-8H,1-5H2,(H,17,18)(H2,15,19,20). The van der Waals surface area contributed by atoms with Gasteiger partial charge in [-0.05, 0) is 43.9 Å². The molecule has 1 amide bonds. The van der Waals surface area contributed by atoms with Crippen LogP contribution in [0.4, 0.5) is 0 Å². The zero-order chi connectivity index (χ0) is 15.5. The van der Waals surface area contributed by atoms with Crippen molar-refractivity contribution >= 4 is 33.2 Å². The summed E-state index contributed by atoms with van der Waals surface area (Å²) < 4.78 is 22.7. The average Bonchev–Trinajstić information content (AvgIpc) is 2.45. The fraction of sp³-hybridized carbons (Fsp3) is 0.385. The van der Waals surface area contributed by atoms with E-state index in [1.165, 1.54) is 18.6 Å². The summed E-state index contributed by atoms with van der Waals surface area (Å²) in [5.74, 6) is -0.491. The number of sulfonamides is 1. The quantitative estimate of drug-likeness (QED) is 0.829. The van der Waals surface area contributed by atoms with Crippen molar-refractivity contribution in [3.8, 4) is 0 Å². The first-order valence-corrected chi connectivity index (χ1v) is 8.48. The molecule has 3 N–H and O–H groups in total. The summed E-state index contributed by atoms with van der Waals surface area (Å²) in [6, 6.07) is 3.89. The molecule has 0 unspecified atom stereocenters. The van der Waals surface area contributed by atoms with Crippen molar-refractivity contribution in [2.24, 2.45) is 10.2 Å². The highest BCUT2D eigenvalue weighted by Gasteiger charge is 2.16. The van der Waals surface area contributed by atoms with E-state index in [1.54, 1.807) is 0 Å². The molecule has 8 heteroatoms. The minimum atomic E-state index is -3.97. The number of nitrogens with zero attached hydrogens (tertiary/aromatic N) is 1. The van der Waals surface area contributed by atoms with Gasteiger partial charge < -0.3 is 0 Å². The van der Waals surface area contributed by atoms with Crippen molar-refractivity contribution < 1.29 is 13.2 Å². The topological polar surface area (TPSA) is 102 Å². The maximum absolute atomic E-state index is 12.0. The summed E-state index contributed by atoms with van der Waals surface area (Å²) in [5, 5.41) is 9.10. The Hall–Kier alpha value is -1.44. The van der Waals surface area contributed by atoms with E-state index in [2.05, 4.69) is 10.5 Å². The summed E-state index contributed by atoms with van der Waals surface area (Å²) in [6.45, 7) is 0. The van der Waals surface area contributed by atoms with E-state index in [0.29, 0.717) is 0 Å². The second-order valence-corrected chi connectivity index (χ2v) is 6.81. The van der Waals surface area contributed by atoms with Crippen LogP contribution in [-0.4, -0.2) is 20.0 Å². The number of carbonyl (C=O) groups excluding carboxylic acids is 1. The normalized spacial score (nSPS) is 15.6. The van der Waals surface area contributed by atoms with Crippen LogP contribution in [-0.2, 0) is 10.0 Å². The van der Waals surface area contributed by atoms with Crippen molar-refractivity contribution in [2.75, 3.05) is 0 Å². The number of halogens is 1. The summed E-state index contributed by atoms with van der Waals surface area (Å²) in [6.07, 6.45) is 5.09. The Balaban J connectivity index is 2.16. The fourth-order valence-electron chi connectivity index (χ4n) is 2.13. The number of hydrogen-bond donors (Lipinski definition) is 2. The van der Waals surface area contributed by atoms with E-state index in [-0.39, 0.29) is 15.5 Å². The van der Waals surface area contributed by atoms with Crippen LogP contribution in [0.3, 0.4) is 0 Å². The van der Waals surface area contributed by atoms with Gasteiger partial charge in [0.25, 0.3) is 5.91 Å². The second kappa shape index (κ2) is 6.55. The smallest absolute Gasteiger partial charge is 0.267 e. The van der Waals surface area contributed by atoms with E-state index in [0.717, 1.165) is 37.5 Å². The molecule has 1 saturated carbocycles. The number of carbonyl (C=O) groups is 1. The molecular formula is C13H16ClN3O3S. The van der Waals surface area contributed by atoms with Gasteiger partial charge in [0.1, 0.15) is 4.90 Å². The first-order valence-electron chi connectivity index (χ1n) is 6.56. The number of nitrogens with two attached hydrogens (primary N) is 1. The number of hydrogen-bond acceptors (Lipinski definition) is 4. The number of benzene rings is 1. The number of hydrazone groups is 1. The third kappa shape index (κ3) is 4.26. The average molecular weight is 330 g/mol. The van der Waals surface area contributed by atoms with Crippen LogP contribution >= 0.6 is 11.6 Å². The Bertz CT molecular complexity index is 678. The van der Waals surface area contributed by atoms with Crippen LogP contribution in [0.1, 0.15) is 42.5 Å². The monoisotopic (exact) mass is 329 g/mol. The van der Waals surface area contributed by atoms with Crippen molar-refractivity contribution in [3.63, 3.8) is 0 Å². The largest absolute Gasteiger partial charge is 0.271 e. The van der Waals surface area contributed by atoms with Crippen molar-refractivity contribution in [1.29, 1.82) is 0 Å². The Morgan fingerprint density at radius 3 is 2.52 bits per heavy atom. The maximum atomic E-state index is 12.0. The molecule has 2 rings (SSSR count). The van der Waals surface area contributed by atoms with Crippen molar-refractivity contribution in [2.45, 2.75) is 37.0 Å². The predicted octanol–water partition coefficient (Wildman–Crippen LogP) is 2.04. The molecule has 1 aromatic rings. The lowest BCUT2D eigenvalue weighted by atomic mass is 9.99. The fourth-order valence-corrected chi connectivity index (χ4v) is 3.20. The van der Waals surface area contributed by atoms with Crippen LogP contribution in [0.15, 0.2) is 28.2 Å². The molecule has 0 spiro atoms. The highest BCUT2D eigenvalue weighted by atomic mass is 35.5. The molecule has 0 radical (unpaired) electrons. The van der Waals surface area contributed by atoms with E-state index in [9.17, 15) is 13.2 Å². The highest BCUT2D eigenvalue weighted by molar-refractivity contribution is 7.89. The lowest BCUT2D eigenvalue weighted by Gasteiger charge is -2.12. The van der Waals surface area contributed by atoms with Gasteiger partial charge in [0.15, 0.2) is 0 Å². The second-order valence-electron chi connectivity index (χ2n) is 4.87. The molecule has 0 aromatic heterocycles. The van der Waals surface area contributed by atoms with Gasteiger partial charge in [0, 0.05) is 11.3 Å². The Morgan fingerprint density at radius 1 is 1.24 bits per heavy atom. The van der Waals surface area contributed by atoms with Crippen LogP contribution in [0, 0.1) is 0 Å².